The van der Waals surface area contributed by atoms with E-state index in [1.54, 1.807) is 19.1 Å². The van der Waals surface area contributed by atoms with Gasteiger partial charge in [0, 0.05) is 23.5 Å². The first kappa shape index (κ1) is 13.6. The first-order valence-corrected chi connectivity index (χ1v) is 6.80. The number of carbonyl (C=O) groups is 2. The summed E-state index contributed by atoms with van der Waals surface area (Å²) in [6, 6.07) is 5.72. The molecule has 2 atom stereocenters. The van der Waals surface area contributed by atoms with Crippen LogP contribution in [0.1, 0.15) is 23.8 Å². The molecule has 0 radical (unpaired) electrons. The number of hydrogen-bond donors (Lipinski definition) is 2. The third kappa shape index (κ3) is 2.16. The van der Waals surface area contributed by atoms with Gasteiger partial charge in [0.25, 0.3) is 5.91 Å². The van der Waals surface area contributed by atoms with Crippen LogP contribution in [0.25, 0.3) is 10.9 Å². The Kier molecular flexibility index (Phi) is 3.16. The van der Waals surface area contributed by atoms with Gasteiger partial charge < -0.3 is 15.0 Å². The number of aliphatic carboxylic acids is 1. The molecule has 1 aliphatic heterocycles. The molecule has 1 saturated heterocycles. The van der Waals surface area contributed by atoms with Crippen LogP contribution in [0.3, 0.4) is 0 Å². The number of carboxylic acid groups (broad SMARTS) is 1. The van der Waals surface area contributed by atoms with Crippen LogP contribution in [-0.4, -0.2) is 39.5 Å². The Morgan fingerprint density at radius 1 is 1.43 bits per heavy atom. The standard InChI is InChI=1S/C15H15FN2O3/c1-8-9(15(20)21)5-6-18(8)14(19)13-7-10-11(16)3-2-4-12(10)17-13/h2-4,7-9,17H,5-6H2,1H3,(H,20,21). The molecule has 1 aromatic carbocycles. The van der Waals surface area contributed by atoms with Crippen molar-refractivity contribution < 1.29 is 19.1 Å². The van der Waals surface area contributed by atoms with Gasteiger partial charge in [-0.1, -0.05) is 6.07 Å². The highest BCUT2D eigenvalue weighted by Crippen LogP contribution is 2.27. The van der Waals surface area contributed by atoms with Gasteiger partial charge in [0.1, 0.15) is 11.5 Å². The molecule has 6 heteroatoms. The fraction of sp³-hybridized carbons (Fsp3) is 0.333. The predicted molar refractivity (Wildman–Crippen MR) is 74.5 cm³/mol. The minimum Gasteiger partial charge on any atom is -0.481 e. The van der Waals surface area contributed by atoms with Crippen LogP contribution in [0, 0.1) is 11.7 Å². The van der Waals surface area contributed by atoms with Gasteiger partial charge in [0.2, 0.25) is 0 Å². The highest BCUT2D eigenvalue weighted by Gasteiger charge is 2.38. The second kappa shape index (κ2) is 4.87. The van der Waals surface area contributed by atoms with E-state index in [0.717, 1.165) is 0 Å². The zero-order chi connectivity index (χ0) is 15.1. The topological polar surface area (TPSA) is 73.4 Å². The van der Waals surface area contributed by atoms with E-state index in [9.17, 15) is 14.0 Å². The van der Waals surface area contributed by atoms with Crippen molar-refractivity contribution in [1.29, 1.82) is 0 Å². The number of aromatic nitrogens is 1. The SMILES string of the molecule is CC1C(C(=O)O)CCN1C(=O)c1cc2c(F)cccc2[nH]1. The summed E-state index contributed by atoms with van der Waals surface area (Å²) in [7, 11) is 0. The number of likely N-dealkylation sites (tertiary alicyclic amines) is 1. The number of benzene rings is 1. The van der Waals surface area contributed by atoms with Crippen LogP contribution in [0.2, 0.25) is 0 Å². The van der Waals surface area contributed by atoms with E-state index in [4.69, 9.17) is 5.11 Å². The molecule has 0 saturated carbocycles. The van der Waals surface area contributed by atoms with Gasteiger partial charge in [0.05, 0.1) is 5.92 Å². The smallest absolute Gasteiger partial charge is 0.308 e. The lowest BCUT2D eigenvalue weighted by molar-refractivity contribution is -0.142. The number of H-pyrrole nitrogens is 1. The average Bonchev–Trinajstić information content (AvgIpc) is 3.02. The number of carbonyl (C=O) groups excluding carboxylic acids is 1. The first-order valence-electron chi connectivity index (χ1n) is 6.80. The fourth-order valence-electron chi connectivity index (χ4n) is 2.94. The largest absolute Gasteiger partial charge is 0.481 e. The van der Waals surface area contributed by atoms with Crippen molar-refractivity contribution in [1.82, 2.24) is 9.88 Å². The summed E-state index contributed by atoms with van der Waals surface area (Å²) in [4.78, 5) is 28.0. The van der Waals surface area contributed by atoms with E-state index in [1.165, 1.54) is 17.0 Å². The maximum absolute atomic E-state index is 13.7. The molecule has 2 heterocycles. The molecule has 0 spiro atoms. The summed E-state index contributed by atoms with van der Waals surface area (Å²) in [5.74, 6) is -2.11. The maximum atomic E-state index is 13.7. The van der Waals surface area contributed by atoms with Gasteiger partial charge >= 0.3 is 5.97 Å². The number of nitrogens with one attached hydrogen (secondary N) is 1. The van der Waals surface area contributed by atoms with Crippen molar-refractivity contribution in [3.63, 3.8) is 0 Å². The summed E-state index contributed by atoms with van der Waals surface area (Å²) >= 11 is 0. The van der Waals surface area contributed by atoms with E-state index in [2.05, 4.69) is 4.98 Å². The van der Waals surface area contributed by atoms with Crippen molar-refractivity contribution in [3.05, 3.63) is 35.8 Å². The Morgan fingerprint density at radius 3 is 2.81 bits per heavy atom. The van der Waals surface area contributed by atoms with E-state index < -0.39 is 11.9 Å². The van der Waals surface area contributed by atoms with Crippen LogP contribution < -0.4 is 0 Å². The second-order valence-corrected chi connectivity index (χ2v) is 5.36. The van der Waals surface area contributed by atoms with Crippen molar-refractivity contribution in [2.45, 2.75) is 19.4 Å². The van der Waals surface area contributed by atoms with Crippen LogP contribution >= 0.6 is 0 Å². The highest BCUT2D eigenvalue weighted by molar-refractivity contribution is 5.98. The van der Waals surface area contributed by atoms with Crippen LogP contribution in [0.5, 0.6) is 0 Å². The average molecular weight is 290 g/mol. The monoisotopic (exact) mass is 290 g/mol. The maximum Gasteiger partial charge on any atom is 0.308 e. The molecule has 2 unspecified atom stereocenters. The molecule has 1 fully saturated rings. The minimum absolute atomic E-state index is 0.285. The number of hydrogen-bond acceptors (Lipinski definition) is 2. The summed E-state index contributed by atoms with van der Waals surface area (Å²) in [5, 5.41) is 9.47. The van der Waals surface area contributed by atoms with E-state index in [0.29, 0.717) is 23.9 Å². The molecule has 110 valence electrons. The van der Waals surface area contributed by atoms with Gasteiger partial charge in [-0.2, -0.15) is 0 Å². The lowest BCUT2D eigenvalue weighted by Crippen LogP contribution is -2.37. The lowest BCUT2D eigenvalue weighted by atomic mass is 10.0. The Bertz CT molecular complexity index is 725. The number of carboxylic acids is 1. The van der Waals surface area contributed by atoms with Gasteiger partial charge in [-0.25, -0.2) is 4.39 Å². The Labute approximate surface area is 120 Å². The molecule has 0 bridgehead atoms. The molecule has 2 N–H and O–H groups in total. The zero-order valence-electron chi connectivity index (χ0n) is 11.5. The molecule has 1 aromatic heterocycles. The van der Waals surface area contributed by atoms with Gasteiger partial charge in [-0.3, -0.25) is 9.59 Å². The summed E-state index contributed by atoms with van der Waals surface area (Å²) in [5.41, 5.74) is 0.841. The molecule has 21 heavy (non-hydrogen) atoms. The van der Waals surface area contributed by atoms with Crippen LogP contribution in [-0.2, 0) is 4.79 Å². The van der Waals surface area contributed by atoms with E-state index >= 15 is 0 Å². The number of aromatic amines is 1. The van der Waals surface area contributed by atoms with Crippen molar-refractivity contribution in [2.75, 3.05) is 6.54 Å². The van der Waals surface area contributed by atoms with Crippen molar-refractivity contribution in [2.24, 2.45) is 5.92 Å². The summed E-state index contributed by atoms with van der Waals surface area (Å²) in [6.45, 7) is 2.13. The number of rotatable bonds is 2. The third-order valence-corrected chi connectivity index (χ3v) is 4.17. The van der Waals surface area contributed by atoms with E-state index in [-0.39, 0.29) is 23.5 Å². The number of amides is 1. The Balaban J connectivity index is 1.91. The number of fused-ring (bicyclic) bond motifs is 1. The zero-order valence-corrected chi connectivity index (χ0v) is 11.5. The van der Waals surface area contributed by atoms with Gasteiger partial charge in [0.15, 0.2) is 0 Å². The molecule has 3 rings (SSSR count). The van der Waals surface area contributed by atoms with Crippen LogP contribution in [0.15, 0.2) is 24.3 Å². The van der Waals surface area contributed by atoms with Gasteiger partial charge in [-0.05, 0) is 31.5 Å². The van der Waals surface area contributed by atoms with Crippen molar-refractivity contribution in [3.8, 4) is 0 Å². The van der Waals surface area contributed by atoms with Crippen molar-refractivity contribution >= 4 is 22.8 Å². The molecule has 0 aliphatic carbocycles. The predicted octanol–water partition coefficient (Wildman–Crippen LogP) is 2.24. The van der Waals surface area contributed by atoms with E-state index in [1.807, 2.05) is 0 Å². The molecule has 5 nitrogen and oxygen atoms in total. The molecular weight excluding hydrogens is 275 g/mol. The number of halogens is 1. The third-order valence-electron chi connectivity index (χ3n) is 4.17. The fourth-order valence-corrected chi connectivity index (χ4v) is 2.94. The molecule has 2 aromatic rings. The first-order chi connectivity index (χ1) is 9.99. The highest BCUT2D eigenvalue weighted by atomic mass is 19.1. The number of nitrogens with zero attached hydrogens (tertiary/aromatic N) is 1. The Morgan fingerprint density at radius 2 is 2.19 bits per heavy atom. The molecule has 1 amide bonds. The minimum atomic E-state index is -0.888. The molecular formula is C15H15FN2O3. The Hall–Kier alpha value is -2.37. The molecule has 1 aliphatic rings. The lowest BCUT2D eigenvalue weighted by Gasteiger charge is -2.22. The summed E-state index contributed by atoms with van der Waals surface area (Å²) in [6.07, 6.45) is 0.441. The summed E-state index contributed by atoms with van der Waals surface area (Å²) < 4.78 is 13.7. The normalized spacial score (nSPS) is 21.9. The van der Waals surface area contributed by atoms with Crippen LogP contribution in [0.4, 0.5) is 4.39 Å². The second-order valence-electron chi connectivity index (χ2n) is 5.36. The quantitative estimate of drug-likeness (QED) is 0.891. The van der Waals surface area contributed by atoms with Gasteiger partial charge in [-0.15, -0.1) is 0 Å².